The Morgan fingerprint density at radius 2 is 1.90 bits per heavy atom. The molecule has 0 atom stereocenters. The van der Waals surface area contributed by atoms with E-state index in [4.69, 9.17) is 35.4 Å². The molecule has 1 heterocycles. The van der Waals surface area contributed by atoms with E-state index in [1.807, 2.05) is 0 Å². The van der Waals surface area contributed by atoms with Gasteiger partial charge in [0, 0.05) is 13.1 Å². The lowest BCUT2D eigenvalue weighted by Gasteiger charge is -2.17. The minimum atomic E-state index is -0.161. The summed E-state index contributed by atoms with van der Waals surface area (Å²) in [6.45, 7) is 1.98. The van der Waals surface area contributed by atoms with Crippen LogP contribution in [0.5, 0.6) is 0 Å². The van der Waals surface area contributed by atoms with E-state index in [1.165, 1.54) is 24.6 Å². The summed E-state index contributed by atoms with van der Waals surface area (Å²) in [4.78, 5) is 14.0. The molecule has 0 unspecified atom stereocenters. The molecule has 0 aromatic heterocycles. The van der Waals surface area contributed by atoms with Gasteiger partial charge in [-0.2, -0.15) is 0 Å². The number of halogens is 2. The number of thiocarbonyl (C=S) groups is 1. The maximum atomic E-state index is 11.9. The van der Waals surface area contributed by atoms with Gasteiger partial charge in [-0.05, 0) is 25.0 Å². The molecule has 0 spiro atoms. The highest BCUT2D eigenvalue weighted by molar-refractivity contribution is 8.23. The zero-order valence-corrected chi connectivity index (χ0v) is 13.8. The Morgan fingerprint density at radius 1 is 1.30 bits per heavy atom. The van der Waals surface area contributed by atoms with Crippen molar-refractivity contribution >= 4 is 63.1 Å². The van der Waals surface area contributed by atoms with Gasteiger partial charge in [-0.1, -0.05) is 53.2 Å². The van der Waals surface area contributed by atoms with E-state index in [0.29, 0.717) is 15.7 Å². The van der Waals surface area contributed by atoms with Crippen molar-refractivity contribution in [3.63, 3.8) is 0 Å². The lowest BCUT2D eigenvalue weighted by Crippen LogP contribution is -2.25. The van der Waals surface area contributed by atoms with Crippen molar-refractivity contribution in [1.29, 1.82) is 0 Å². The van der Waals surface area contributed by atoms with Gasteiger partial charge in [0.15, 0.2) is 0 Å². The topological polar surface area (TPSA) is 32.3 Å². The van der Waals surface area contributed by atoms with Crippen LogP contribution >= 0.6 is 47.2 Å². The molecule has 1 fully saturated rings. The van der Waals surface area contributed by atoms with E-state index in [9.17, 15) is 4.79 Å². The van der Waals surface area contributed by atoms with E-state index in [1.54, 1.807) is 18.2 Å². The Hall–Kier alpha value is -0.490. The number of rotatable bonds is 3. The zero-order chi connectivity index (χ0) is 14.5. The molecule has 7 heteroatoms. The molecule has 0 saturated carbocycles. The van der Waals surface area contributed by atoms with E-state index in [2.05, 4.69) is 10.2 Å². The maximum absolute atomic E-state index is 11.9. The number of anilines is 1. The van der Waals surface area contributed by atoms with E-state index in [0.717, 1.165) is 17.4 Å². The summed E-state index contributed by atoms with van der Waals surface area (Å²) in [5.41, 5.74) is 0.452. The molecule has 1 N–H and O–H groups in total. The fourth-order valence-corrected chi connectivity index (χ4v) is 3.45. The van der Waals surface area contributed by atoms with Crippen molar-refractivity contribution in [3.8, 4) is 0 Å². The van der Waals surface area contributed by atoms with Crippen LogP contribution in [0.3, 0.4) is 0 Å². The maximum Gasteiger partial charge on any atom is 0.234 e. The number of carbonyl (C=O) groups excluding carboxylic acids is 1. The second-order valence-corrected chi connectivity index (χ2v) is 6.82. The Bertz CT molecular complexity index is 499. The average Bonchev–Trinajstić information content (AvgIpc) is 2.94. The monoisotopic (exact) mass is 348 g/mol. The van der Waals surface area contributed by atoms with Crippen molar-refractivity contribution in [2.75, 3.05) is 24.2 Å². The van der Waals surface area contributed by atoms with Crippen LogP contribution in [-0.2, 0) is 4.79 Å². The molecule has 1 aliphatic heterocycles. The van der Waals surface area contributed by atoms with Gasteiger partial charge in [0.2, 0.25) is 5.91 Å². The summed E-state index contributed by atoms with van der Waals surface area (Å²) in [6, 6.07) is 5.10. The van der Waals surface area contributed by atoms with Gasteiger partial charge >= 0.3 is 0 Å². The molecule has 1 aromatic carbocycles. The van der Waals surface area contributed by atoms with Gasteiger partial charge in [-0.15, -0.1) is 0 Å². The predicted octanol–water partition coefficient (Wildman–Crippen LogP) is 4.05. The number of likely N-dealkylation sites (tertiary alicyclic amines) is 1. The molecular formula is C13H14Cl2N2OS2. The molecule has 1 saturated heterocycles. The predicted molar refractivity (Wildman–Crippen MR) is 91.0 cm³/mol. The second kappa shape index (κ2) is 7.50. The van der Waals surface area contributed by atoms with Gasteiger partial charge < -0.3 is 10.2 Å². The number of benzene rings is 1. The summed E-state index contributed by atoms with van der Waals surface area (Å²) in [5.74, 6) is 0.100. The van der Waals surface area contributed by atoms with Crippen LogP contribution < -0.4 is 5.32 Å². The van der Waals surface area contributed by atoms with Crippen LogP contribution in [0.4, 0.5) is 5.69 Å². The van der Waals surface area contributed by atoms with Gasteiger partial charge in [0.05, 0.1) is 21.5 Å². The van der Waals surface area contributed by atoms with Crippen LogP contribution in [0.1, 0.15) is 12.8 Å². The first-order valence-electron chi connectivity index (χ1n) is 6.23. The number of para-hydroxylation sites is 1. The second-order valence-electron chi connectivity index (χ2n) is 4.39. The van der Waals surface area contributed by atoms with Crippen molar-refractivity contribution in [1.82, 2.24) is 4.90 Å². The number of thioether (sulfide) groups is 1. The third-order valence-electron chi connectivity index (χ3n) is 2.92. The summed E-state index contributed by atoms with van der Waals surface area (Å²) in [7, 11) is 0. The first-order valence-corrected chi connectivity index (χ1v) is 8.38. The van der Waals surface area contributed by atoms with Crippen LogP contribution in [-0.4, -0.2) is 34.0 Å². The molecule has 1 amide bonds. The largest absolute Gasteiger partial charge is 0.358 e. The van der Waals surface area contributed by atoms with Crippen molar-refractivity contribution in [3.05, 3.63) is 28.2 Å². The van der Waals surface area contributed by atoms with Crippen molar-refractivity contribution in [2.24, 2.45) is 0 Å². The normalized spacial score (nSPS) is 14.4. The number of amides is 1. The molecular weight excluding hydrogens is 335 g/mol. The summed E-state index contributed by atoms with van der Waals surface area (Å²) in [5, 5.41) is 3.58. The first-order chi connectivity index (χ1) is 9.58. The van der Waals surface area contributed by atoms with E-state index < -0.39 is 0 Å². The highest BCUT2D eigenvalue weighted by Crippen LogP contribution is 2.30. The lowest BCUT2D eigenvalue weighted by molar-refractivity contribution is -0.113. The summed E-state index contributed by atoms with van der Waals surface area (Å²) >= 11 is 18.7. The first kappa shape index (κ1) is 15.9. The standard InChI is InChI=1S/C13H14Cl2N2OS2/c14-9-4-3-5-10(15)12(9)16-11(18)8-20-13(19)17-6-1-2-7-17/h3-5H,1-2,6-8H2,(H,16,18). The van der Waals surface area contributed by atoms with E-state index >= 15 is 0 Å². The Balaban J connectivity index is 1.85. The van der Waals surface area contributed by atoms with Crippen LogP contribution in [0.25, 0.3) is 0 Å². The smallest absolute Gasteiger partial charge is 0.234 e. The summed E-state index contributed by atoms with van der Waals surface area (Å²) in [6.07, 6.45) is 2.34. The Morgan fingerprint density at radius 3 is 2.50 bits per heavy atom. The molecule has 1 aromatic rings. The highest BCUT2D eigenvalue weighted by Gasteiger charge is 2.17. The van der Waals surface area contributed by atoms with Gasteiger partial charge in [-0.25, -0.2) is 0 Å². The Kier molecular flexibility index (Phi) is 5.96. The van der Waals surface area contributed by atoms with E-state index in [-0.39, 0.29) is 11.7 Å². The number of hydrogen-bond donors (Lipinski definition) is 1. The number of nitrogens with zero attached hydrogens (tertiary/aromatic N) is 1. The quantitative estimate of drug-likeness (QED) is 0.835. The van der Waals surface area contributed by atoms with Crippen LogP contribution in [0.2, 0.25) is 10.0 Å². The third kappa shape index (κ3) is 4.25. The van der Waals surface area contributed by atoms with Crippen LogP contribution in [0, 0.1) is 0 Å². The molecule has 0 radical (unpaired) electrons. The van der Waals surface area contributed by atoms with Gasteiger partial charge in [-0.3, -0.25) is 4.79 Å². The Labute approximate surface area is 138 Å². The van der Waals surface area contributed by atoms with Gasteiger partial charge in [0.25, 0.3) is 0 Å². The van der Waals surface area contributed by atoms with Crippen molar-refractivity contribution < 1.29 is 4.79 Å². The minimum Gasteiger partial charge on any atom is -0.358 e. The highest BCUT2D eigenvalue weighted by atomic mass is 35.5. The minimum absolute atomic E-state index is 0.161. The molecule has 108 valence electrons. The molecule has 1 aliphatic rings. The molecule has 0 bridgehead atoms. The summed E-state index contributed by atoms with van der Waals surface area (Å²) < 4.78 is 0.780. The zero-order valence-electron chi connectivity index (χ0n) is 10.7. The SMILES string of the molecule is O=C(CSC(=S)N1CCCC1)Nc1c(Cl)cccc1Cl. The van der Waals surface area contributed by atoms with Gasteiger partial charge in [0.1, 0.15) is 4.32 Å². The van der Waals surface area contributed by atoms with Crippen LogP contribution in [0.15, 0.2) is 18.2 Å². The molecule has 2 rings (SSSR count). The van der Waals surface area contributed by atoms with Crippen molar-refractivity contribution in [2.45, 2.75) is 12.8 Å². The fraction of sp³-hybridized carbons (Fsp3) is 0.385. The average molecular weight is 349 g/mol. The number of nitrogens with one attached hydrogen (secondary N) is 1. The lowest BCUT2D eigenvalue weighted by atomic mass is 10.3. The third-order valence-corrected chi connectivity index (χ3v) is 5.07. The number of hydrogen-bond acceptors (Lipinski definition) is 3. The number of carbonyl (C=O) groups is 1. The molecule has 0 aliphatic carbocycles. The molecule has 20 heavy (non-hydrogen) atoms. The molecule has 3 nitrogen and oxygen atoms in total. The fourth-order valence-electron chi connectivity index (χ4n) is 1.91.